The van der Waals surface area contributed by atoms with Gasteiger partial charge in [-0.15, -0.1) is 0 Å². The molecule has 4 N–H and O–H groups in total. The highest BCUT2D eigenvalue weighted by Gasteiger charge is 2.59. The third-order valence-electron chi connectivity index (χ3n) is 21.6. The molecule has 3 aliphatic heterocycles. The number of aryl methyl sites for hydroxylation is 2. The molecule has 12 nitrogen and oxygen atoms in total. The van der Waals surface area contributed by atoms with Gasteiger partial charge < -0.3 is 43.8 Å². The zero-order chi connectivity index (χ0) is 58.6. The Morgan fingerprint density at radius 3 is 2.44 bits per heavy atom. The number of aliphatic hydroxyl groups is 4. The fourth-order valence-electron chi connectivity index (χ4n) is 17.4. The quantitative estimate of drug-likeness (QED) is 0.0418. The first kappa shape index (κ1) is 57.4. The van der Waals surface area contributed by atoms with E-state index in [0.29, 0.717) is 41.7 Å². The molecule has 5 aromatic carbocycles. The largest absolute Gasteiger partial charge is 0.483 e. The zero-order valence-corrected chi connectivity index (χ0v) is 49.0. The predicted molar refractivity (Wildman–Crippen MR) is 324 cm³/mol. The summed E-state index contributed by atoms with van der Waals surface area (Å²) in [7, 11) is 0. The van der Waals surface area contributed by atoms with Gasteiger partial charge >= 0.3 is 17.6 Å². The first-order chi connectivity index (χ1) is 41.4. The van der Waals surface area contributed by atoms with Crippen molar-refractivity contribution in [2.24, 2.45) is 23.7 Å². The van der Waals surface area contributed by atoms with Crippen LogP contribution >= 0.6 is 0 Å². The van der Waals surface area contributed by atoms with E-state index >= 15 is 9.59 Å². The second-order valence-corrected chi connectivity index (χ2v) is 25.9. The summed E-state index contributed by atoms with van der Waals surface area (Å²) >= 11 is 0. The van der Waals surface area contributed by atoms with Crippen LogP contribution in [0.15, 0.2) is 136 Å². The van der Waals surface area contributed by atoms with E-state index in [4.69, 9.17) is 23.4 Å². The SMILES string of the molecule is C/C(CO)=C1\CCc2ccc(cc2)[C@H]2CC[C@H](c3cccc([C@@]45CCCC[C@@H]4CCc4ccccc45)c3)C[C@H]2CC(=O)O[C@@H]2c3c(ccc4c(CO)c([C@H](CCO)COCO)c(=O)oc34)O[C@@](C)([C@H]3C[C@@H]4C=Cc5ccccc5[C@@H]4C3)[C@H]2OC1=O. The summed E-state index contributed by atoms with van der Waals surface area (Å²) in [5.74, 6) is -1.00. The second-order valence-electron chi connectivity index (χ2n) is 25.9. The number of allylic oxidation sites excluding steroid dienone is 1. The van der Waals surface area contributed by atoms with Gasteiger partial charge in [-0.1, -0.05) is 122 Å². The summed E-state index contributed by atoms with van der Waals surface area (Å²) < 4.78 is 33.3. The normalized spacial score (nSPS) is 29.8. The molecule has 8 aliphatic rings. The highest BCUT2D eigenvalue weighted by Crippen LogP contribution is 2.59. The fourth-order valence-corrected chi connectivity index (χ4v) is 17.4. The fraction of sp³-hybridized carbons (Fsp3) is 0.466. The molecule has 85 heavy (non-hydrogen) atoms. The van der Waals surface area contributed by atoms with Crippen LogP contribution in [0.1, 0.15) is 188 Å². The minimum Gasteiger partial charge on any atom is -0.483 e. The Kier molecular flexibility index (Phi) is 16.1. The molecule has 0 unspecified atom stereocenters. The van der Waals surface area contributed by atoms with Gasteiger partial charge in [-0.3, -0.25) is 4.79 Å². The molecule has 12 atom stereocenters. The van der Waals surface area contributed by atoms with E-state index in [1.807, 2.05) is 13.0 Å². The smallest absolute Gasteiger partial charge is 0.340 e. The Morgan fingerprint density at radius 1 is 0.776 bits per heavy atom. The summed E-state index contributed by atoms with van der Waals surface area (Å²) in [5.41, 5.74) is 9.34. The Hall–Kier alpha value is -6.67. The first-order valence-electron chi connectivity index (χ1n) is 31.4. The number of rotatable bonds is 11. The molecule has 3 fully saturated rings. The monoisotopic (exact) mass is 1150 g/mol. The molecule has 444 valence electrons. The van der Waals surface area contributed by atoms with Gasteiger partial charge in [0.25, 0.3) is 0 Å². The van der Waals surface area contributed by atoms with Gasteiger partial charge in [0.05, 0.1) is 25.4 Å². The highest BCUT2D eigenvalue weighted by atomic mass is 16.6. The van der Waals surface area contributed by atoms with Gasteiger partial charge in [0.2, 0.25) is 0 Å². The van der Waals surface area contributed by atoms with E-state index in [9.17, 15) is 25.2 Å². The van der Waals surface area contributed by atoms with Crippen LogP contribution in [0.3, 0.4) is 0 Å². The maximum atomic E-state index is 15.8. The van der Waals surface area contributed by atoms with Crippen molar-refractivity contribution in [2.75, 3.05) is 26.6 Å². The van der Waals surface area contributed by atoms with Crippen LogP contribution in [0.4, 0.5) is 0 Å². The van der Waals surface area contributed by atoms with Crippen LogP contribution in [0, 0.1) is 23.7 Å². The van der Waals surface area contributed by atoms with Crippen molar-refractivity contribution in [3.05, 3.63) is 198 Å². The van der Waals surface area contributed by atoms with Crippen LogP contribution in [0.25, 0.3) is 17.0 Å². The number of aliphatic hydroxyl groups excluding tert-OH is 4. The van der Waals surface area contributed by atoms with Gasteiger partial charge in [0.15, 0.2) is 12.2 Å². The van der Waals surface area contributed by atoms with Gasteiger partial charge in [-0.05, 0) is 194 Å². The molecule has 5 aliphatic carbocycles. The number of benzene rings is 5. The zero-order valence-electron chi connectivity index (χ0n) is 49.0. The van der Waals surface area contributed by atoms with Crippen LogP contribution in [0.2, 0.25) is 0 Å². The van der Waals surface area contributed by atoms with E-state index in [2.05, 4.69) is 103 Å². The highest BCUT2D eigenvalue weighted by molar-refractivity contribution is 5.90. The van der Waals surface area contributed by atoms with Crippen LogP contribution in [-0.2, 0) is 48.7 Å². The summed E-state index contributed by atoms with van der Waals surface area (Å²) in [6.07, 6.45) is 13.7. The summed E-state index contributed by atoms with van der Waals surface area (Å²) in [4.78, 5) is 45.8. The van der Waals surface area contributed by atoms with Crippen molar-refractivity contribution in [2.45, 2.75) is 164 Å². The lowest BCUT2D eigenvalue weighted by atomic mass is 9.54. The lowest BCUT2D eigenvalue weighted by Gasteiger charge is -2.49. The summed E-state index contributed by atoms with van der Waals surface area (Å²) in [6.45, 7) is 1.63. The Bertz CT molecular complexity index is 3610. The summed E-state index contributed by atoms with van der Waals surface area (Å²) in [5, 5.41) is 42.2. The van der Waals surface area contributed by atoms with Gasteiger partial charge in [-0.2, -0.15) is 0 Å². The van der Waals surface area contributed by atoms with Crippen LogP contribution in [0.5, 0.6) is 5.75 Å². The number of carbonyl (C=O) groups excluding carboxylic acids is 2. The molecule has 1 aromatic heterocycles. The standard InChI is InChI=1S/C73H80O12/c1-43(39-75)56-27-19-44-17-20-46(21-18-44)57-28-25-49(48-12-9-14-54(35-48)73-32-8-7-13-53(73)26-24-47-11-4-6-16-62(47)73)34-52(57)37-64(78)82-68-66-63(30-29-59-61(40-76)65(71(80)83-67(59)66)51(31-33-74)41-81-42-77)85-72(2,69(68)84-70(56)79)55-36-50-23-22-45-10-3-5-15-58(45)60(50)38-55/h3-6,9-12,14-18,20-23,29-30,35,49-53,55,57,60,68-69,74-77H,7-8,13,19,24-28,31-34,36-42H2,1-2H3/b56-43-/t49-,50-,51+,52-,53+,55-,57+,60+,68+,69-,72-,73+/m0/s1. The molecule has 0 saturated heterocycles. The number of carbonyl (C=O) groups is 2. The van der Waals surface area contributed by atoms with E-state index in [1.54, 1.807) is 19.1 Å². The van der Waals surface area contributed by atoms with Crippen molar-refractivity contribution < 1.29 is 53.4 Å². The second kappa shape index (κ2) is 23.9. The van der Waals surface area contributed by atoms with Crippen molar-refractivity contribution in [1.82, 2.24) is 0 Å². The van der Waals surface area contributed by atoms with Gasteiger partial charge in [0, 0.05) is 46.8 Å². The van der Waals surface area contributed by atoms with Crippen molar-refractivity contribution in [1.29, 1.82) is 0 Å². The molecule has 12 heteroatoms. The molecule has 3 saturated carbocycles. The van der Waals surface area contributed by atoms with E-state index in [1.165, 1.54) is 53.5 Å². The number of hydrogen-bond donors (Lipinski definition) is 4. The lowest BCUT2D eigenvalue weighted by molar-refractivity contribution is -0.199. The van der Waals surface area contributed by atoms with Crippen LogP contribution in [-0.4, -0.2) is 70.7 Å². The van der Waals surface area contributed by atoms with E-state index in [0.717, 1.165) is 48.8 Å². The third-order valence-corrected chi connectivity index (χ3v) is 21.6. The number of fused-ring (bicyclic) bond motifs is 17. The number of ether oxygens (including phenoxy) is 4. The molecule has 6 aromatic rings. The Balaban J connectivity index is 0.938. The van der Waals surface area contributed by atoms with Gasteiger partial charge in [-0.25, -0.2) is 9.59 Å². The number of hydrogen-bond acceptors (Lipinski definition) is 12. The average molecular weight is 1150 g/mol. The lowest BCUT2D eigenvalue weighted by Crippen LogP contribution is -2.58. The third kappa shape index (κ3) is 10.3. The maximum Gasteiger partial charge on any atom is 0.340 e. The van der Waals surface area contributed by atoms with Crippen LogP contribution < -0.4 is 10.4 Å². The van der Waals surface area contributed by atoms with Crippen molar-refractivity contribution >= 4 is 29.0 Å². The maximum absolute atomic E-state index is 15.8. The van der Waals surface area contributed by atoms with E-state index < -0.39 is 54.7 Å². The van der Waals surface area contributed by atoms with Crippen molar-refractivity contribution in [3.8, 4) is 5.75 Å². The average Bonchev–Trinajstić information content (AvgIpc) is 2.29. The topological polar surface area (TPSA) is 182 Å². The minimum atomic E-state index is -1.39. The Labute approximate surface area is 497 Å². The van der Waals surface area contributed by atoms with Crippen molar-refractivity contribution in [3.63, 3.8) is 0 Å². The first-order valence-corrected chi connectivity index (χ1v) is 31.4. The molecular weight excluding hydrogens is 1070 g/mol. The number of esters is 2. The molecule has 0 amide bonds. The molecular formula is C73H80O12. The summed E-state index contributed by atoms with van der Waals surface area (Å²) in [6, 6.07) is 39.1. The minimum absolute atomic E-state index is 0.00553. The predicted octanol–water partition coefficient (Wildman–Crippen LogP) is 12.6. The molecule has 0 radical (unpaired) electrons. The molecule has 2 bridgehead atoms. The molecule has 0 spiro atoms. The van der Waals surface area contributed by atoms with E-state index in [-0.39, 0.29) is 108 Å². The molecule has 4 heterocycles. The van der Waals surface area contributed by atoms with Gasteiger partial charge in [0.1, 0.15) is 23.7 Å². The molecule has 14 rings (SSSR count). The Morgan fingerprint density at radius 2 is 1.61 bits per heavy atom.